The maximum absolute atomic E-state index is 12.8. The van der Waals surface area contributed by atoms with E-state index in [1.54, 1.807) is 0 Å². The predicted molar refractivity (Wildman–Crippen MR) is 283 cm³/mol. The van der Waals surface area contributed by atoms with Crippen LogP contribution < -0.4 is 0 Å². The number of carbonyl (C=O) groups is 3. The standard InChI is InChI=1S/C60H98O6/c1-4-7-10-13-16-19-22-25-27-29-31-32-35-38-41-44-47-50-53-59(62)65-56-57(55-64-58(61)52-49-46-43-40-37-34-24-21-18-15-12-9-6-3)66-60(63)54-51-48-45-42-39-36-33-30-28-26-23-20-17-14-11-8-5-2/h9-10,12-13,15-16,18-19,21-22,24-25,27,29,31-32,34,37,57H,4-8,11,14,17,20,23,26,28,30,33,35-36,38-56H2,1-3H3/b12-9+,13-10+,18-15+,19-16+,24-21+,25-22+,29-27+,32-31+,37-34+. The van der Waals surface area contributed by atoms with Crippen molar-refractivity contribution >= 4 is 17.9 Å². The molecule has 0 bridgehead atoms. The van der Waals surface area contributed by atoms with Crippen LogP contribution in [-0.4, -0.2) is 37.2 Å². The first kappa shape index (κ1) is 62.1. The number of rotatable bonds is 47. The van der Waals surface area contributed by atoms with Gasteiger partial charge >= 0.3 is 17.9 Å². The minimum absolute atomic E-state index is 0.105. The van der Waals surface area contributed by atoms with Crippen molar-refractivity contribution in [1.29, 1.82) is 0 Å². The van der Waals surface area contributed by atoms with Crippen LogP contribution in [0.15, 0.2) is 109 Å². The Morgan fingerprint density at radius 3 is 1.00 bits per heavy atom. The average molecular weight is 915 g/mol. The largest absolute Gasteiger partial charge is 0.462 e. The van der Waals surface area contributed by atoms with Gasteiger partial charge in [0.1, 0.15) is 13.2 Å². The summed E-state index contributed by atoms with van der Waals surface area (Å²) in [6.07, 6.45) is 72.1. The molecule has 0 saturated heterocycles. The number of carbonyl (C=O) groups excluding carboxylic acids is 3. The summed E-state index contributed by atoms with van der Waals surface area (Å²) in [5.41, 5.74) is 0. The molecule has 0 saturated carbocycles. The quantitative estimate of drug-likeness (QED) is 0.0262. The van der Waals surface area contributed by atoms with Crippen LogP contribution >= 0.6 is 0 Å². The zero-order valence-corrected chi connectivity index (χ0v) is 42.7. The highest BCUT2D eigenvalue weighted by Crippen LogP contribution is 2.15. The minimum atomic E-state index is -0.805. The number of hydrogen-bond acceptors (Lipinski definition) is 6. The molecule has 0 fully saturated rings. The van der Waals surface area contributed by atoms with Crippen molar-refractivity contribution in [3.8, 4) is 0 Å². The summed E-state index contributed by atoms with van der Waals surface area (Å²) in [4.78, 5) is 38.1. The predicted octanol–water partition coefficient (Wildman–Crippen LogP) is 17.9. The van der Waals surface area contributed by atoms with Gasteiger partial charge in [-0.2, -0.15) is 0 Å². The molecule has 0 aromatic heterocycles. The summed E-state index contributed by atoms with van der Waals surface area (Å²) in [5.74, 6) is -0.966. The highest BCUT2D eigenvalue weighted by Gasteiger charge is 2.19. The van der Waals surface area contributed by atoms with Gasteiger partial charge in [-0.1, -0.05) is 265 Å². The first-order chi connectivity index (χ1) is 32.5. The van der Waals surface area contributed by atoms with E-state index in [-0.39, 0.29) is 31.1 Å². The SMILES string of the molecule is CC/C=C/C=C/C=C/C=C/CCCCCC(=O)OCC(COC(=O)CCCCCCC/C=C/C=C/C=C/C=C/C=C/CCC)OC(=O)CCCCCCCCCCCCCCCCCCC. The van der Waals surface area contributed by atoms with Crippen molar-refractivity contribution in [3.05, 3.63) is 109 Å². The first-order valence-electron chi connectivity index (χ1n) is 27.0. The second kappa shape index (κ2) is 53.7. The molecule has 0 aliphatic carbocycles. The lowest BCUT2D eigenvalue weighted by Crippen LogP contribution is -2.30. The Kier molecular flexibility index (Phi) is 50.5. The average Bonchev–Trinajstić information content (AvgIpc) is 3.31. The summed E-state index contributed by atoms with van der Waals surface area (Å²) in [7, 11) is 0. The van der Waals surface area contributed by atoms with Crippen LogP contribution in [0.2, 0.25) is 0 Å². The van der Waals surface area contributed by atoms with Gasteiger partial charge < -0.3 is 14.2 Å². The Morgan fingerprint density at radius 2 is 0.621 bits per heavy atom. The minimum Gasteiger partial charge on any atom is -0.462 e. The summed E-state index contributed by atoms with van der Waals surface area (Å²) < 4.78 is 16.8. The molecular formula is C60H98O6. The van der Waals surface area contributed by atoms with Gasteiger partial charge in [0.25, 0.3) is 0 Å². The zero-order valence-electron chi connectivity index (χ0n) is 42.7. The third kappa shape index (κ3) is 51.1. The molecule has 0 N–H and O–H groups in total. The molecule has 0 spiro atoms. The zero-order chi connectivity index (χ0) is 47.9. The molecule has 1 unspecified atom stereocenters. The topological polar surface area (TPSA) is 78.9 Å². The molecule has 0 aliphatic heterocycles. The smallest absolute Gasteiger partial charge is 0.306 e. The Bertz CT molecular complexity index is 1370. The molecule has 0 rings (SSSR count). The fraction of sp³-hybridized carbons (Fsp3) is 0.650. The van der Waals surface area contributed by atoms with E-state index in [1.807, 2.05) is 60.8 Å². The van der Waals surface area contributed by atoms with Crippen LogP contribution in [0.4, 0.5) is 0 Å². The van der Waals surface area contributed by atoms with Gasteiger partial charge in [0.05, 0.1) is 0 Å². The van der Waals surface area contributed by atoms with Crippen LogP contribution in [0.25, 0.3) is 0 Å². The summed E-state index contributed by atoms with van der Waals surface area (Å²) >= 11 is 0. The molecule has 6 nitrogen and oxygen atoms in total. The third-order valence-electron chi connectivity index (χ3n) is 11.2. The van der Waals surface area contributed by atoms with Crippen molar-refractivity contribution in [1.82, 2.24) is 0 Å². The molecule has 0 heterocycles. The highest BCUT2D eigenvalue weighted by atomic mass is 16.6. The number of hydrogen-bond donors (Lipinski definition) is 0. The van der Waals surface area contributed by atoms with Crippen LogP contribution in [0.5, 0.6) is 0 Å². The van der Waals surface area contributed by atoms with Crippen LogP contribution in [-0.2, 0) is 28.6 Å². The highest BCUT2D eigenvalue weighted by molar-refractivity contribution is 5.71. The van der Waals surface area contributed by atoms with Crippen molar-refractivity contribution in [2.24, 2.45) is 0 Å². The second-order valence-electron chi connectivity index (χ2n) is 17.6. The van der Waals surface area contributed by atoms with E-state index in [0.29, 0.717) is 19.3 Å². The molecule has 66 heavy (non-hydrogen) atoms. The number of allylic oxidation sites excluding steroid dienone is 18. The number of unbranched alkanes of at least 4 members (excludes halogenated alkanes) is 25. The molecule has 0 amide bonds. The Balaban J connectivity index is 4.48. The van der Waals surface area contributed by atoms with Crippen molar-refractivity contribution in [3.63, 3.8) is 0 Å². The van der Waals surface area contributed by atoms with Crippen molar-refractivity contribution < 1.29 is 28.6 Å². The van der Waals surface area contributed by atoms with E-state index in [2.05, 4.69) is 69.4 Å². The number of esters is 3. The Morgan fingerprint density at radius 1 is 0.318 bits per heavy atom. The van der Waals surface area contributed by atoms with Crippen LogP contribution in [0.1, 0.15) is 233 Å². The molecule has 374 valence electrons. The molecule has 0 aromatic carbocycles. The normalized spacial score (nSPS) is 13.0. The maximum atomic E-state index is 12.8. The fourth-order valence-corrected chi connectivity index (χ4v) is 7.19. The van der Waals surface area contributed by atoms with Crippen molar-refractivity contribution in [2.45, 2.75) is 239 Å². The van der Waals surface area contributed by atoms with Gasteiger partial charge in [-0.3, -0.25) is 14.4 Å². The van der Waals surface area contributed by atoms with E-state index >= 15 is 0 Å². The molecular weight excluding hydrogens is 817 g/mol. The van der Waals surface area contributed by atoms with Gasteiger partial charge in [0.2, 0.25) is 0 Å². The molecule has 0 aromatic rings. The lowest BCUT2D eigenvalue weighted by molar-refractivity contribution is -0.167. The van der Waals surface area contributed by atoms with Crippen LogP contribution in [0.3, 0.4) is 0 Å². The first-order valence-corrected chi connectivity index (χ1v) is 27.0. The monoisotopic (exact) mass is 915 g/mol. The number of ether oxygens (including phenoxy) is 3. The summed E-state index contributed by atoms with van der Waals surface area (Å²) in [5, 5.41) is 0. The van der Waals surface area contributed by atoms with Crippen LogP contribution in [0, 0.1) is 0 Å². The van der Waals surface area contributed by atoms with E-state index in [4.69, 9.17) is 14.2 Å². The van der Waals surface area contributed by atoms with E-state index < -0.39 is 6.10 Å². The van der Waals surface area contributed by atoms with Gasteiger partial charge in [0, 0.05) is 19.3 Å². The maximum Gasteiger partial charge on any atom is 0.306 e. The van der Waals surface area contributed by atoms with Gasteiger partial charge in [-0.25, -0.2) is 0 Å². The van der Waals surface area contributed by atoms with E-state index in [1.165, 1.54) is 96.3 Å². The van der Waals surface area contributed by atoms with Gasteiger partial charge in [-0.05, 0) is 57.8 Å². The molecule has 1 atom stereocenters. The second-order valence-corrected chi connectivity index (χ2v) is 17.6. The summed E-state index contributed by atoms with van der Waals surface area (Å²) in [6.45, 7) is 6.36. The molecule has 0 radical (unpaired) electrons. The van der Waals surface area contributed by atoms with Crippen molar-refractivity contribution in [2.75, 3.05) is 13.2 Å². The lowest BCUT2D eigenvalue weighted by Gasteiger charge is -2.18. The van der Waals surface area contributed by atoms with Gasteiger partial charge in [-0.15, -0.1) is 0 Å². The molecule has 6 heteroatoms. The Labute approximate surface area is 406 Å². The van der Waals surface area contributed by atoms with E-state index in [0.717, 1.165) is 96.3 Å². The van der Waals surface area contributed by atoms with E-state index in [9.17, 15) is 14.4 Å². The molecule has 0 aliphatic rings. The lowest BCUT2D eigenvalue weighted by atomic mass is 10.0. The summed E-state index contributed by atoms with van der Waals surface area (Å²) in [6, 6.07) is 0. The fourth-order valence-electron chi connectivity index (χ4n) is 7.19. The Hall–Kier alpha value is -3.93. The third-order valence-corrected chi connectivity index (χ3v) is 11.2. The van der Waals surface area contributed by atoms with Gasteiger partial charge in [0.15, 0.2) is 6.10 Å².